The lowest BCUT2D eigenvalue weighted by atomic mass is 10.2. The first-order valence-corrected chi connectivity index (χ1v) is 5.74. The molecule has 0 amide bonds. The molecule has 0 saturated carbocycles. The number of H-pyrrole nitrogens is 1. The average molecular weight is 248 g/mol. The zero-order valence-electron chi connectivity index (χ0n) is 10.4. The van der Waals surface area contributed by atoms with Gasteiger partial charge in [0.1, 0.15) is 5.75 Å². The molecule has 3 N–H and O–H groups in total. The highest BCUT2D eigenvalue weighted by atomic mass is 16.5. The SMILES string of the molecule is CCC(N)c1n[nH]c(=O)n1-c1ccc(OC)cc1. The molecule has 2 rings (SSSR count). The van der Waals surface area contributed by atoms with Gasteiger partial charge in [0, 0.05) is 0 Å². The van der Waals surface area contributed by atoms with Crippen LogP contribution in [0, 0.1) is 0 Å². The van der Waals surface area contributed by atoms with Crippen molar-refractivity contribution in [2.24, 2.45) is 5.73 Å². The number of ether oxygens (including phenoxy) is 1. The molecule has 0 fully saturated rings. The van der Waals surface area contributed by atoms with Gasteiger partial charge in [-0.3, -0.25) is 0 Å². The Morgan fingerprint density at radius 3 is 2.67 bits per heavy atom. The highest BCUT2D eigenvalue weighted by Crippen LogP contribution is 2.17. The number of benzene rings is 1. The van der Waals surface area contributed by atoms with E-state index in [9.17, 15) is 4.79 Å². The van der Waals surface area contributed by atoms with Crippen LogP contribution in [0.25, 0.3) is 5.69 Å². The van der Waals surface area contributed by atoms with Crippen molar-refractivity contribution >= 4 is 0 Å². The van der Waals surface area contributed by atoms with E-state index < -0.39 is 0 Å². The van der Waals surface area contributed by atoms with E-state index >= 15 is 0 Å². The molecule has 0 aliphatic heterocycles. The molecule has 0 saturated heterocycles. The number of hydrogen-bond acceptors (Lipinski definition) is 4. The third-order valence-corrected chi connectivity index (χ3v) is 2.80. The molecule has 0 bridgehead atoms. The van der Waals surface area contributed by atoms with E-state index in [0.717, 1.165) is 5.75 Å². The molecule has 96 valence electrons. The van der Waals surface area contributed by atoms with Crippen LogP contribution in [0.15, 0.2) is 29.1 Å². The lowest BCUT2D eigenvalue weighted by Crippen LogP contribution is -2.21. The first-order chi connectivity index (χ1) is 8.67. The fraction of sp³-hybridized carbons (Fsp3) is 0.333. The first kappa shape index (κ1) is 12.4. The van der Waals surface area contributed by atoms with Gasteiger partial charge in [0.05, 0.1) is 18.8 Å². The second-order valence-electron chi connectivity index (χ2n) is 3.94. The molecule has 0 aliphatic rings. The predicted molar refractivity (Wildman–Crippen MR) is 68.0 cm³/mol. The number of aromatic nitrogens is 3. The maximum Gasteiger partial charge on any atom is 0.347 e. The summed E-state index contributed by atoms with van der Waals surface area (Å²) >= 11 is 0. The molecule has 0 aliphatic carbocycles. The van der Waals surface area contributed by atoms with Gasteiger partial charge in [-0.05, 0) is 30.7 Å². The van der Waals surface area contributed by atoms with Gasteiger partial charge in [0.15, 0.2) is 5.82 Å². The number of nitrogens with one attached hydrogen (secondary N) is 1. The van der Waals surface area contributed by atoms with Crippen LogP contribution in [-0.4, -0.2) is 21.9 Å². The van der Waals surface area contributed by atoms with E-state index in [0.29, 0.717) is 17.9 Å². The third kappa shape index (κ3) is 2.14. The first-order valence-electron chi connectivity index (χ1n) is 5.74. The Balaban J connectivity index is 2.49. The zero-order valence-corrected chi connectivity index (χ0v) is 10.4. The maximum atomic E-state index is 11.8. The van der Waals surface area contributed by atoms with Crippen LogP contribution in [-0.2, 0) is 0 Å². The summed E-state index contributed by atoms with van der Waals surface area (Å²) in [7, 11) is 1.59. The van der Waals surface area contributed by atoms with E-state index in [-0.39, 0.29) is 11.7 Å². The van der Waals surface area contributed by atoms with Crippen LogP contribution in [0.2, 0.25) is 0 Å². The smallest absolute Gasteiger partial charge is 0.347 e. The van der Waals surface area contributed by atoms with Gasteiger partial charge in [-0.25, -0.2) is 14.5 Å². The molecule has 1 aromatic heterocycles. The van der Waals surface area contributed by atoms with Crippen LogP contribution in [0.1, 0.15) is 25.2 Å². The predicted octanol–water partition coefficient (Wildman–Crippen LogP) is 0.979. The molecule has 18 heavy (non-hydrogen) atoms. The normalized spacial score (nSPS) is 12.4. The number of nitrogens with zero attached hydrogens (tertiary/aromatic N) is 2. The molecule has 2 aromatic rings. The van der Waals surface area contributed by atoms with Gasteiger partial charge in [0.25, 0.3) is 0 Å². The Labute approximate surface area is 104 Å². The van der Waals surface area contributed by atoms with E-state index in [2.05, 4.69) is 10.2 Å². The van der Waals surface area contributed by atoms with Crippen molar-refractivity contribution in [2.45, 2.75) is 19.4 Å². The second kappa shape index (κ2) is 5.05. The summed E-state index contributed by atoms with van der Waals surface area (Å²) in [5, 5.41) is 6.40. The summed E-state index contributed by atoms with van der Waals surface area (Å²) in [5.41, 5.74) is 6.36. The number of rotatable bonds is 4. The Kier molecular flexibility index (Phi) is 3.47. The minimum absolute atomic E-state index is 0.272. The molecule has 1 unspecified atom stereocenters. The van der Waals surface area contributed by atoms with Crippen molar-refractivity contribution in [1.29, 1.82) is 0 Å². The number of methoxy groups -OCH3 is 1. The van der Waals surface area contributed by atoms with Crippen molar-refractivity contribution in [3.63, 3.8) is 0 Å². The molecule has 1 aromatic carbocycles. The Bertz CT molecular complexity index is 571. The van der Waals surface area contributed by atoms with Crippen molar-refractivity contribution in [2.75, 3.05) is 7.11 Å². The molecule has 1 heterocycles. The van der Waals surface area contributed by atoms with Gasteiger partial charge in [-0.1, -0.05) is 6.92 Å². The molecule has 0 radical (unpaired) electrons. The highest BCUT2D eigenvalue weighted by Gasteiger charge is 2.15. The summed E-state index contributed by atoms with van der Waals surface area (Å²) in [6.07, 6.45) is 0.709. The van der Waals surface area contributed by atoms with Crippen molar-refractivity contribution in [3.05, 3.63) is 40.6 Å². The standard InChI is InChI=1S/C12H16N4O2/c1-3-10(13)11-14-15-12(17)16(11)8-4-6-9(18-2)7-5-8/h4-7,10H,3,13H2,1-2H3,(H,15,17). The fourth-order valence-electron chi connectivity index (χ4n) is 1.72. The monoisotopic (exact) mass is 248 g/mol. The summed E-state index contributed by atoms with van der Waals surface area (Å²) in [6, 6.07) is 6.89. The lowest BCUT2D eigenvalue weighted by Gasteiger charge is -2.10. The van der Waals surface area contributed by atoms with Gasteiger partial charge >= 0.3 is 5.69 Å². The topological polar surface area (TPSA) is 85.9 Å². The van der Waals surface area contributed by atoms with Gasteiger partial charge in [-0.15, -0.1) is 0 Å². The summed E-state index contributed by atoms with van der Waals surface area (Å²) < 4.78 is 6.56. The van der Waals surface area contributed by atoms with Crippen LogP contribution in [0.4, 0.5) is 0 Å². The number of aromatic amines is 1. The van der Waals surface area contributed by atoms with E-state index in [4.69, 9.17) is 10.5 Å². The molecule has 1 atom stereocenters. The minimum Gasteiger partial charge on any atom is -0.497 e. The third-order valence-electron chi connectivity index (χ3n) is 2.80. The summed E-state index contributed by atoms with van der Waals surface area (Å²) in [6.45, 7) is 1.95. The van der Waals surface area contributed by atoms with Gasteiger partial charge in [0.2, 0.25) is 0 Å². The van der Waals surface area contributed by atoms with Crippen LogP contribution in [0.5, 0.6) is 5.75 Å². The average Bonchev–Trinajstić information content (AvgIpc) is 2.80. The quantitative estimate of drug-likeness (QED) is 0.844. The molecule has 0 spiro atoms. The van der Waals surface area contributed by atoms with Crippen LogP contribution in [0.3, 0.4) is 0 Å². The van der Waals surface area contributed by atoms with E-state index in [1.807, 2.05) is 6.92 Å². The fourth-order valence-corrected chi connectivity index (χ4v) is 1.72. The minimum atomic E-state index is -0.293. The Hall–Kier alpha value is -2.08. The number of hydrogen-bond donors (Lipinski definition) is 2. The van der Waals surface area contributed by atoms with Crippen LogP contribution < -0.4 is 16.2 Å². The second-order valence-corrected chi connectivity index (χ2v) is 3.94. The molecule has 6 heteroatoms. The lowest BCUT2D eigenvalue weighted by molar-refractivity contribution is 0.414. The molecule has 6 nitrogen and oxygen atoms in total. The summed E-state index contributed by atoms with van der Waals surface area (Å²) in [5.74, 6) is 1.27. The highest BCUT2D eigenvalue weighted by molar-refractivity contribution is 5.38. The molecular weight excluding hydrogens is 232 g/mol. The Morgan fingerprint density at radius 1 is 1.44 bits per heavy atom. The zero-order chi connectivity index (χ0) is 13.1. The van der Waals surface area contributed by atoms with Gasteiger partial charge in [-0.2, -0.15) is 5.10 Å². The van der Waals surface area contributed by atoms with Crippen molar-refractivity contribution in [1.82, 2.24) is 14.8 Å². The largest absolute Gasteiger partial charge is 0.497 e. The summed E-state index contributed by atoms with van der Waals surface area (Å²) in [4.78, 5) is 11.8. The van der Waals surface area contributed by atoms with Crippen molar-refractivity contribution in [3.8, 4) is 11.4 Å². The van der Waals surface area contributed by atoms with Crippen molar-refractivity contribution < 1.29 is 4.74 Å². The van der Waals surface area contributed by atoms with Crippen LogP contribution >= 0.6 is 0 Å². The van der Waals surface area contributed by atoms with Gasteiger partial charge < -0.3 is 10.5 Å². The maximum absolute atomic E-state index is 11.8. The van der Waals surface area contributed by atoms with E-state index in [1.165, 1.54) is 4.57 Å². The molecular formula is C12H16N4O2. The number of nitrogens with two attached hydrogens (primary N) is 1. The Morgan fingerprint density at radius 2 is 2.11 bits per heavy atom. The van der Waals surface area contributed by atoms with E-state index in [1.54, 1.807) is 31.4 Å².